The van der Waals surface area contributed by atoms with E-state index in [1.165, 1.54) is 25.7 Å². The Morgan fingerprint density at radius 3 is 2.88 bits per heavy atom. The average molecular weight is 224 g/mol. The summed E-state index contributed by atoms with van der Waals surface area (Å²) < 4.78 is 0. The molecule has 16 heavy (non-hydrogen) atoms. The highest BCUT2D eigenvalue weighted by molar-refractivity contribution is 5.76. The minimum atomic E-state index is 0.393. The maximum absolute atomic E-state index is 12.1. The second-order valence-corrected chi connectivity index (χ2v) is 5.32. The Morgan fingerprint density at radius 2 is 2.25 bits per heavy atom. The fourth-order valence-corrected chi connectivity index (χ4v) is 2.87. The third kappa shape index (κ3) is 2.97. The number of carbonyl (C=O) groups excluding carboxylic acids is 1. The van der Waals surface area contributed by atoms with Crippen molar-refractivity contribution in [1.29, 1.82) is 0 Å². The number of rotatable bonds is 3. The van der Waals surface area contributed by atoms with Gasteiger partial charge in [-0.3, -0.25) is 4.79 Å². The van der Waals surface area contributed by atoms with Gasteiger partial charge in [-0.15, -0.1) is 0 Å². The van der Waals surface area contributed by atoms with Crippen molar-refractivity contribution in [2.45, 2.75) is 39.0 Å². The van der Waals surface area contributed by atoms with Gasteiger partial charge in [0, 0.05) is 19.5 Å². The fraction of sp³-hybridized carbons (Fsp3) is 0.923. The van der Waals surface area contributed by atoms with Crippen LogP contribution in [0.3, 0.4) is 0 Å². The summed E-state index contributed by atoms with van der Waals surface area (Å²) in [5, 5.41) is 3.38. The number of carbonyl (C=O) groups is 1. The molecule has 2 atom stereocenters. The van der Waals surface area contributed by atoms with Gasteiger partial charge in [-0.25, -0.2) is 0 Å². The van der Waals surface area contributed by atoms with Gasteiger partial charge in [-0.05, 0) is 44.2 Å². The molecule has 92 valence electrons. The van der Waals surface area contributed by atoms with Crippen LogP contribution in [0.1, 0.15) is 39.0 Å². The molecule has 0 aromatic carbocycles. The Morgan fingerprint density at radius 1 is 1.38 bits per heavy atom. The number of nitrogens with zero attached hydrogens (tertiary/aromatic N) is 1. The SMILES string of the molecule is CCC1CCN(C(=O)CC2CCCNC2)C1. The first kappa shape index (κ1) is 11.9. The average Bonchev–Trinajstić information content (AvgIpc) is 2.79. The summed E-state index contributed by atoms with van der Waals surface area (Å²) in [7, 11) is 0. The van der Waals surface area contributed by atoms with Crippen LogP contribution in [0.5, 0.6) is 0 Å². The third-order valence-corrected chi connectivity index (χ3v) is 4.08. The van der Waals surface area contributed by atoms with E-state index in [9.17, 15) is 4.79 Å². The molecule has 2 rings (SSSR count). The summed E-state index contributed by atoms with van der Waals surface area (Å²) in [6, 6.07) is 0. The molecule has 3 nitrogen and oxygen atoms in total. The van der Waals surface area contributed by atoms with Crippen molar-refractivity contribution < 1.29 is 4.79 Å². The monoisotopic (exact) mass is 224 g/mol. The third-order valence-electron chi connectivity index (χ3n) is 4.08. The number of likely N-dealkylation sites (tertiary alicyclic amines) is 1. The van der Waals surface area contributed by atoms with Crippen LogP contribution < -0.4 is 5.32 Å². The number of hydrogen-bond acceptors (Lipinski definition) is 2. The predicted octanol–water partition coefficient (Wildman–Crippen LogP) is 1.63. The molecule has 0 saturated carbocycles. The van der Waals surface area contributed by atoms with Crippen molar-refractivity contribution in [2.24, 2.45) is 11.8 Å². The van der Waals surface area contributed by atoms with Gasteiger partial charge in [0.2, 0.25) is 5.91 Å². The topological polar surface area (TPSA) is 32.3 Å². The molecule has 3 heteroatoms. The first-order valence-corrected chi connectivity index (χ1v) is 6.78. The second-order valence-electron chi connectivity index (χ2n) is 5.32. The van der Waals surface area contributed by atoms with E-state index in [1.807, 2.05) is 0 Å². The maximum Gasteiger partial charge on any atom is 0.222 e. The molecule has 2 aliphatic rings. The van der Waals surface area contributed by atoms with Gasteiger partial charge >= 0.3 is 0 Å². The summed E-state index contributed by atoms with van der Waals surface area (Å²) in [5.74, 6) is 1.74. The number of amides is 1. The normalized spacial score (nSPS) is 30.7. The molecule has 2 heterocycles. The first-order valence-electron chi connectivity index (χ1n) is 6.78. The lowest BCUT2D eigenvalue weighted by Gasteiger charge is -2.24. The van der Waals surface area contributed by atoms with Crippen LogP contribution in [0.2, 0.25) is 0 Å². The standard InChI is InChI=1S/C13H24N2O/c1-2-11-5-7-15(10-11)13(16)8-12-4-3-6-14-9-12/h11-12,14H,2-10H2,1H3. The quantitative estimate of drug-likeness (QED) is 0.790. The van der Waals surface area contributed by atoms with Gasteiger partial charge in [-0.1, -0.05) is 13.3 Å². The molecule has 0 aliphatic carbocycles. The van der Waals surface area contributed by atoms with Crippen LogP contribution in [0.25, 0.3) is 0 Å². The molecule has 2 aliphatic heterocycles. The first-order chi connectivity index (χ1) is 7.79. The molecule has 0 aromatic heterocycles. The molecule has 0 bridgehead atoms. The van der Waals surface area contributed by atoms with Gasteiger partial charge in [0.05, 0.1) is 0 Å². The Hall–Kier alpha value is -0.570. The highest BCUT2D eigenvalue weighted by Crippen LogP contribution is 2.22. The van der Waals surface area contributed by atoms with Gasteiger partial charge in [0.25, 0.3) is 0 Å². The molecule has 2 fully saturated rings. The molecule has 2 saturated heterocycles. The van der Waals surface area contributed by atoms with Crippen LogP contribution in [0.15, 0.2) is 0 Å². The highest BCUT2D eigenvalue weighted by atomic mass is 16.2. The van der Waals surface area contributed by atoms with Crippen molar-refractivity contribution in [2.75, 3.05) is 26.2 Å². The molecule has 1 N–H and O–H groups in total. The molecule has 0 radical (unpaired) electrons. The van der Waals surface area contributed by atoms with Crippen LogP contribution >= 0.6 is 0 Å². The zero-order valence-corrected chi connectivity index (χ0v) is 10.4. The van der Waals surface area contributed by atoms with Gasteiger partial charge in [0.15, 0.2) is 0 Å². The van der Waals surface area contributed by atoms with Crippen LogP contribution in [-0.4, -0.2) is 37.0 Å². The predicted molar refractivity (Wildman–Crippen MR) is 65.2 cm³/mol. The lowest BCUT2D eigenvalue weighted by Crippen LogP contribution is -2.35. The lowest BCUT2D eigenvalue weighted by molar-refractivity contribution is -0.131. The van der Waals surface area contributed by atoms with E-state index in [-0.39, 0.29) is 0 Å². The van der Waals surface area contributed by atoms with Crippen LogP contribution in [0, 0.1) is 11.8 Å². The van der Waals surface area contributed by atoms with Crippen molar-refractivity contribution >= 4 is 5.91 Å². The molecular weight excluding hydrogens is 200 g/mol. The highest BCUT2D eigenvalue weighted by Gasteiger charge is 2.26. The molecule has 1 amide bonds. The minimum Gasteiger partial charge on any atom is -0.342 e. The Labute approximate surface area is 98.6 Å². The van der Waals surface area contributed by atoms with E-state index in [4.69, 9.17) is 0 Å². The van der Waals surface area contributed by atoms with E-state index < -0.39 is 0 Å². The number of piperidine rings is 1. The number of hydrogen-bond donors (Lipinski definition) is 1. The van der Waals surface area contributed by atoms with Gasteiger partial charge in [-0.2, -0.15) is 0 Å². The van der Waals surface area contributed by atoms with Gasteiger partial charge < -0.3 is 10.2 Å². The fourth-order valence-electron chi connectivity index (χ4n) is 2.87. The Balaban J connectivity index is 1.75. The van der Waals surface area contributed by atoms with E-state index in [2.05, 4.69) is 17.1 Å². The second kappa shape index (κ2) is 5.67. The zero-order valence-electron chi connectivity index (χ0n) is 10.4. The van der Waals surface area contributed by atoms with Crippen molar-refractivity contribution in [3.63, 3.8) is 0 Å². The van der Waals surface area contributed by atoms with Gasteiger partial charge in [0.1, 0.15) is 0 Å². The Bertz CT molecular complexity index is 236. The van der Waals surface area contributed by atoms with Crippen LogP contribution in [0.4, 0.5) is 0 Å². The lowest BCUT2D eigenvalue weighted by atomic mass is 9.95. The maximum atomic E-state index is 12.1. The van der Waals surface area contributed by atoms with Crippen molar-refractivity contribution in [3.05, 3.63) is 0 Å². The minimum absolute atomic E-state index is 0.393. The Kier molecular flexibility index (Phi) is 4.22. The van der Waals surface area contributed by atoms with E-state index >= 15 is 0 Å². The smallest absolute Gasteiger partial charge is 0.222 e. The number of nitrogens with one attached hydrogen (secondary N) is 1. The summed E-state index contributed by atoms with van der Waals surface area (Å²) in [6.45, 7) is 6.40. The van der Waals surface area contributed by atoms with E-state index in [0.29, 0.717) is 11.8 Å². The molecule has 0 spiro atoms. The van der Waals surface area contributed by atoms with E-state index in [1.54, 1.807) is 0 Å². The van der Waals surface area contributed by atoms with Crippen molar-refractivity contribution in [3.8, 4) is 0 Å². The largest absolute Gasteiger partial charge is 0.342 e. The molecule has 2 unspecified atom stereocenters. The summed E-state index contributed by atoms with van der Waals surface area (Å²) >= 11 is 0. The van der Waals surface area contributed by atoms with E-state index in [0.717, 1.165) is 38.5 Å². The molecular formula is C13H24N2O. The molecule has 0 aromatic rings. The summed E-state index contributed by atoms with van der Waals surface area (Å²) in [4.78, 5) is 14.2. The zero-order chi connectivity index (χ0) is 11.4. The van der Waals surface area contributed by atoms with Crippen molar-refractivity contribution in [1.82, 2.24) is 10.2 Å². The summed E-state index contributed by atoms with van der Waals surface area (Å²) in [6.07, 6.45) is 5.66. The van der Waals surface area contributed by atoms with Crippen LogP contribution in [-0.2, 0) is 4.79 Å². The summed E-state index contributed by atoms with van der Waals surface area (Å²) in [5.41, 5.74) is 0.